The molecule has 0 aliphatic rings. The van der Waals surface area contributed by atoms with E-state index in [-0.39, 0.29) is 17.1 Å². The number of aromatic nitrogens is 1. The number of rotatable bonds is 1. The molecule has 12 heavy (non-hydrogen) atoms. The third kappa shape index (κ3) is 1.29. The van der Waals surface area contributed by atoms with Crippen molar-refractivity contribution in [3.63, 3.8) is 0 Å². The number of aryl methyl sites for hydroxylation is 1. The van der Waals surface area contributed by atoms with Gasteiger partial charge in [-0.15, -0.1) is 0 Å². The Morgan fingerprint density at radius 2 is 2.17 bits per heavy atom. The Morgan fingerprint density at radius 3 is 2.58 bits per heavy atom. The first-order valence-electron chi connectivity index (χ1n) is 3.28. The predicted molar refractivity (Wildman–Crippen MR) is 44.8 cm³/mol. The topological polar surface area (TPSA) is 102 Å². The van der Waals surface area contributed by atoms with E-state index in [1.165, 1.54) is 6.07 Å². The summed E-state index contributed by atoms with van der Waals surface area (Å²) < 4.78 is 0. The number of hydrogen-bond acceptors (Lipinski definition) is 4. The molecule has 0 spiro atoms. The number of carboxylic acids is 1. The largest absolute Gasteiger partial charge is 0.477 e. The van der Waals surface area contributed by atoms with Gasteiger partial charge in [0.25, 0.3) is 0 Å². The van der Waals surface area contributed by atoms with Crippen LogP contribution >= 0.6 is 0 Å². The highest BCUT2D eigenvalue weighted by molar-refractivity contribution is 5.98. The fraction of sp³-hybridized carbons (Fsp3) is 0.143. The lowest BCUT2D eigenvalue weighted by Crippen LogP contribution is -2.09. The standard InChI is InChI=1S/C7H9N3O2/c1-3-2-4(8)5(7(11)12)6(9)10-3/h2H,1H3,(H,11,12)(H4,8,9,10). The van der Waals surface area contributed by atoms with E-state index in [2.05, 4.69) is 4.98 Å². The Bertz CT molecular complexity index is 312. The van der Waals surface area contributed by atoms with Crippen molar-refractivity contribution in [1.29, 1.82) is 0 Å². The Hall–Kier alpha value is -1.78. The molecule has 0 aliphatic heterocycles. The third-order valence-electron chi connectivity index (χ3n) is 1.42. The molecule has 5 nitrogen and oxygen atoms in total. The highest BCUT2D eigenvalue weighted by atomic mass is 16.4. The highest BCUT2D eigenvalue weighted by Gasteiger charge is 2.13. The molecule has 0 atom stereocenters. The first kappa shape index (κ1) is 8.32. The van der Waals surface area contributed by atoms with Gasteiger partial charge in [0.2, 0.25) is 0 Å². The molecule has 0 saturated carbocycles. The SMILES string of the molecule is Cc1cc(N)c(C(=O)O)c(N)n1. The number of anilines is 2. The van der Waals surface area contributed by atoms with E-state index in [0.29, 0.717) is 5.69 Å². The van der Waals surface area contributed by atoms with Crippen LogP contribution in [0.25, 0.3) is 0 Å². The zero-order valence-corrected chi connectivity index (χ0v) is 6.53. The summed E-state index contributed by atoms with van der Waals surface area (Å²) in [6, 6.07) is 1.47. The smallest absolute Gasteiger partial charge is 0.341 e. The first-order chi connectivity index (χ1) is 5.52. The summed E-state index contributed by atoms with van der Waals surface area (Å²) in [5, 5.41) is 8.64. The molecule has 0 saturated heterocycles. The first-order valence-corrected chi connectivity index (χ1v) is 3.28. The third-order valence-corrected chi connectivity index (χ3v) is 1.42. The summed E-state index contributed by atoms with van der Waals surface area (Å²) in [6.07, 6.45) is 0. The van der Waals surface area contributed by atoms with Crippen molar-refractivity contribution in [1.82, 2.24) is 4.98 Å². The maximum absolute atomic E-state index is 10.6. The number of nitrogens with two attached hydrogens (primary N) is 2. The molecule has 5 N–H and O–H groups in total. The van der Waals surface area contributed by atoms with Gasteiger partial charge in [0, 0.05) is 5.69 Å². The number of carboxylic acid groups (broad SMARTS) is 1. The van der Waals surface area contributed by atoms with Crippen LogP contribution < -0.4 is 11.5 Å². The second kappa shape index (κ2) is 2.69. The van der Waals surface area contributed by atoms with Crippen molar-refractivity contribution in [3.8, 4) is 0 Å². The summed E-state index contributed by atoms with van der Waals surface area (Å²) >= 11 is 0. The lowest BCUT2D eigenvalue weighted by atomic mass is 10.2. The molecule has 0 amide bonds. The van der Waals surface area contributed by atoms with Crippen molar-refractivity contribution in [2.75, 3.05) is 11.5 Å². The van der Waals surface area contributed by atoms with Gasteiger partial charge in [0.15, 0.2) is 0 Å². The van der Waals surface area contributed by atoms with E-state index < -0.39 is 5.97 Å². The lowest BCUT2D eigenvalue weighted by molar-refractivity contribution is 0.0699. The van der Waals surface area contributed by atoms with Crippen molar-refractivity contribution in [2.24, 2.45) is 0 Å². The van der Waals surface area contributed by atoms with Crippen LogP contribution in [-0.2, 0) is 0 Å². The van der Waals surface area contributed by atoms with Crippen LogP contribution in [0.5, 0.6) is 0 Å². The van der Waals surface area contributed by atoms with Gasteiger partial charge in [-0.05, 0) is 13.0 Å². The van der Waals surface area contributed by atoms with E-state index in [1.54, 1.807) is 6.92 Å². The van der Waals surface area contributed by atoms with Gasteiger partial charge in [-0.2, -0.15) is 0 Å². The number of hydrogen-bond donors (Lipinski definition) is 3. The minimum absolute atomic E-state index is 0.0417. The van der Waals surface area contributed by atoms with E-state index in [1.807, 2.05) is 0 Å². The van der Waals surface area contributed by atoms with Gasteiger partial charge < -0.3 is 16.6 Å². The van der Waals surface area contributed by atoms with E-state index in [4.69, 9.17) is 16.6 Å². The molecule has 0 bridgehead atoms. The summed E-state index contributed by atoms with van der Waals surface area (Å²) in [7, 11) is 0. The Kier molecular flexibility index (Phi) is 1.86. The maximum atomic E-state index is 10.6. The van der Waals surface area contributed by atoms with Gasteiger partial charge in [-0.25, -0.2) is 9.78 Å². The van der Waals surface area contributed by atoms with Crippen LogP contribution in [0, 0.1) is 6.92 Å². The van der Waals surface area contributed by atoms with Gasteiger partial charge in [-0.3, -0.25) is 0 Å². The lowest BCUT2D eigenvalue weighted by Gasteiger charge is -2.04. The molecule has 64 valence electrons. The Labute approximate surface area is 69.0 Å². The predicted octanol–water partition coefficient (Wildman–Crippen LogP) is 0.253. The van der Waals surface area contributed by atoms with Crippen LogP contribution in [0.3, 0.4) is 0 Å². The fourth-order valence-electron chi connectivity index (χ4n) is 0.956. The molecule has 0 radical (unpaired) electrons. The van der Waals surface area contributed by atoms with Crippen molar-refractivity contribution >= 4 is 17.5 Å². The Balaban J connectivity index is 3.38. The molecule has 0 aromatic carbocycles. The van der Waals surface area contributed by atoms with Crippen LogP contribution in [0.4, 0.5) is 11.5 Å². The van der Waals surface area contributed by atoms with Gasteiger partial charge in [-0.1, -0.05) is 0 Å². The molecule has 5 heteroatoms. The van der Waals surface area contributed by atoms with Crippen LogP contribution in [-0.4, -0.2) is 16.1 Å². The molecular formula is C7H9N3O2. The molecule has 1 aromatic rings. The summed E-state index contributed by atoms with van der Waals surface area (Å²) in [5.74, 6) is -1.20. The van der Waals surface area contributed by atoms with Crippen molar-refractivity contribution in [3.05, 3.63) is 17.3 Å². The normalized spacial score (nSPS) is 9.75. The number of nitrogen functional groups attached to an aromatic ring is 2. The van der Waals surface area contributed by atoms with Gasteiger partial charge in [0.05, 0.1) is 5.69 Å². The molecule has 1 rings (SSSR count). The van der Waals surface area contributed by atoms with Gasteiger partial charge in [0.1, 0.15) is 11.4 Å². The van der Waals surface area contributed by atoms with Crippen LogP contribution in [0.15, 0.2) is 6.07 Å². The number of carbonyl (C=O) groups is 1. The highest BCUT2D eigenvalue weighted by Crippen LogP contribution is 2.17. The van der Waals surface area contributed by atoms with Crippen molar-refractivity contribution in [2.45, 2.75) is 6.92 Å². The van der Waals surface area contributed by atoms with Crippen LogP contribution in [0.1, 0.15) is 16.1 Å². The zero-order valence-electron chi connectivity index (χ0n) is 6.53. The molecule has 0 fully saturated rings. The number of pyridine rings is 1. The van der Waals surface area contributed by atoms with Gasteiger partial charge >= 0.3 is 5.97 Å². The average Bonchev–Trinajstić information content (AvgIpc) is 1.82. The fourth-order valence-corrected chi connectivity index (χ4v) is 0.956. The van der Waals surface area contributed by atoms with E-state index in [9.17, 15) is 4.79 Å². The van der Waals surface area contributed by atoms with E-state index in [0.717, 1.165) is 0 Å². The number of aromatic carboxylic acids is 1. The minimum atomic E-state index is -1.16. The quantitative estimate of drug-likeness (QED) is 0.556. The second-order valence-electron chi connectivity index (χ2n) is 2.42. The summed E-state index contributed by atoms with van der Waals surface area (Å²) in [6.45, 7) is 1.69. The average molecular weight is 167 g/mol. The maximum Gasteiger partial charge on any atom is 0.341 e. The van der Waals surface area contributed by atoms with Crippen molar-refractivity contribution < 1.29 is 9.90 Å². The Morgan fingerprint density at radius 1 is 1.58 bits per heavy atom. The molecular weight excluding hydrogens is 158 g/mol. The second-order valence-corrected chi connectivity index (χ2v) is 2.42. The number of nitrogens with zero attached hydrogens (tertiary/aromatic N) is 1. The molecule has 0 aliphatic carbocycles. The van der Waals surface area contributed by atoms with Crippen LogP contribution in [0.2, 0.25) is 0 Å². The molecule has 1 heterocycles. The monoisotopic (exact) mass is 167 g/mol. The molecule has 0 unspecified atom stereocenters. The molecule has 1 aromatic heterocycles. The zero-order chi connectivity index (χ0) is 9.30. The minimum Gasteiger partial charge on any atom is -0.477 e. The van der Waals surface area contributed by atoms with E-state index >= 15 is 0 Å². The summed E-state index contributed by atoms with van der Waals surface area (Å²) in [4.78, 5) is 14.3. The summed E-state index contributed by atoms with van der Waals surface area (Å²) in [5.41, 5.74) is 11.4.